The van der Waals surface area contributed by atoms with E-state index in [1.54, 1.807) is 4.90 Å². The van der Waals surface area contributed by atoms with Crippen LogP contribution in [0, 0.1) is 18.3 Å². The number of amides is 1. The first-order chi connectivity index (χ1) is 9.70. The number of rotatable bonds is 7. The van der Waals surface area contributed by atoms with Gasteiger partial charge >= 0.3 is 0 Å². The van der Waals surface area contributed by atoms with E-state index in [2.05, 4.69) is 18.1 Å². The van der Waals surface area contributed by atoms with Gasteiger partial charge in [0.05, 0.1) is 12.6 Å². The third-order valence-corrected chi connectivity index (χ3v) is 3.67. The van der Waals surface area contributed by atoms with Crippen LogP contribution >= 0.6 is 0 Å². The normalized spacial score (nSPS) is 15.4. The molecule has 1 aliphatic carbocycles. The second-order valence-electron chi connectivity index (χ2n) is 5.50. The SMILES string of the molecule is C#CCN(CC1CC1)C(=O)[C@@H](N)CCc1ccccc1. The van der Waals surface area contributed by atoms with Crippen molar-refractivity contribution in [1.29, 1.82) is 0 Å². The predicted octanol–water partition coefficient (Wildman–Crippen LogP) is 1.82. The number of aryl methyl sites for hydroxylation is 1. The Kier molecular flexibility index (Phi) is 5.20. The highest BCUT2D eigenvalue weighted by Crippen LogP contribution is 2.29. The van der Waals surface area contributed by atoms with Crippen LogP contribution in [0.2, 0.25) is 0 Å². The van der Waals surface area contributed by atoms with Gasteiger partial charge in [-0.05, 0) is 37.2 Å². The lowest BCUT2D eigenvalue weighted by Gasteiger charge is -2.23. The minimum absolute atomic E-state index is 0.00854. The van der Waals surface area contributed by atoms with E-state index in [0.717, 1.165) is 13.0 Å². The maximum atomic E-state index is 12.3. The lowest BCUT2D eigenvalue weighted by molar-refractivity contribution is -0.132. The molecule has 1 amide bonds. The molecular formula is C17H22N2O. The molecule has 0 aliphatic heterocycles. The molecule has 1 saturated carbocycles. The van der Waals surface area contributed by atoms with Crippen LogP contribution in [0.15, 0.2) is 30.3 Å². The van der Waals surface area contributed by atoms with Crippen molar-refractivity contribution in [3.8, 4) is 12.3 Å². The summed E-state index contributed by atoms with van der Waals surface area (Å²) in [7, 11) is 0. The zero-order valence-electron chi connectivity index (χ0n) is 11.8. The summed E-state index contributed by atoms with van der Waals surface area (Å²) in [5.74, 6) is 3.18. The molecule has 0 aromatic heterocycles. The number of carbonyl (C=O) groups excluding carboxylic acids is 1. The second-order valence-corrected chi connectivity index (χ2v) is 5.50. The number of hydrogen-bond acceptors (Lipinski definition) is 2. The summed E-state index contributed by atoms with van der Waals surface area (Å²) >= 11 is 0. The predicted molar refractivity (Wildman–Crippen MR) is 80.9 cm³/mol. The molecule has 0 spiro atoms. The van der Waals surface area contributed by atoms with E-state index in [4.69, 9.17) is 12.2 Å². The van der Waals surface area contributed by atoms with Crippen molar-refractivity contribution in [3.63, 3.8) is 0 Å². The Balaban J connectivity index is 1.84. The fourth-order valence-corrected chi connectivity index (χ4v) is 2.28. The largest absolute Gasteiger partial charge is 0.330 e. The van der Waals surface area contributed by atoms with Crippen LogP contribution in [0.1, 0.15) is 24.8 Å². The van der Waals surface area contributed by atoms with E-state index in [-0.39, 0.29) is 5.91 Å². The van der Waals surface area contributed by atoms with Crippen molar-refractivity contribution < 1.29 is 4.79 Å². The Bertz CT molecular complexity index is 474. The van der Waals surface area contributed by atoms with Gasteiger partial charge in [0.2, 0.25) is 5.91 Å². The van der Waals surface area contributed by atoms with E-state index in [1.807, 2.05) is 18.2 Å². The standard InChI is InChI=1S/C17H22N2O/c1-2-12-19(13-15-8-9-15)17(20)16(18)11-10-14-6-4-3-5-7-14/h1,3-7,15-16H,8-13,18H2/t16-/m0/s1. The maximum Gasteiger partial charge on any atom is 0.240 e. The summed E-state index contributed by atoms with van der Waals surface area (Å²) < 4.78 is 0. The molecule has 3 nitrogen and oxygen atoms in total. The van der Waals surface area contributed by atoms with E-state index >= 15 is 0 Å². The highest BCUT2D eigenvalue weighted by molar-refractivity contribution is 5.82. The van der Waals surface area contributed by atoms with Gasteiger partial charge in [0.15, 0.2) is 0 Å². The topological polar surface area (TPSA) is 46.3 Å². The number of benzene rings is 1. The van der Waals surface area contributed by atoms with Crippen molar-refractivity contribution in [2.45, 2.75) is 31.7 Å². The van der Waals surface area contributed by atoms with E-state index < -0.39 is 6.04 Å². The molecule has 20 heavy (non-hydrogen) atoms. The number of nitrogens with two attached hydrogens (primary N) is 1. The molecule has 2 rings (SSSR count). The van der Waals surface area contributed by atoms with Crippen LogP contribution in [0.3, 0.4) is 0 Å². The monoisotopic (exact) mass is 270 g/mol. The Morgan fingerprint density at radius 3 is 2.70 bits per heavy atom. The lowest BCUT2D eigenvalue weighted by atomic mass is 10.0. The Hall–Kier alpha value is -1.79. The Morgan fingerprint density at radius 1 is 1.40 bits per heavy atom. The molecule has 1 aromatic rings. The van der Waals surface area contributed by atoms with Crippen molar-refractivity contribution in [3.05, 3.63) is 35.9 Å². The van der Waals surface area contributed by atoms with Gasteiger partial charge in [-0.15, -0.1) is 6.42 Å². The molecule has 1 atom stereocenters. The molecule has 0 unspecified atom stereocenters. The minimum Gasteiger partial charge on any atom is -0.330 e. The van der Waals surface area contributed by atoms with Gasteiger partial charge in [0.1, 0.15) is 0 Å². The van der Waals surface area contributed by atoms with E-state index in [9.17, 15) is 4.79 Å². The van der Waals surface area contributed by atoms with Gasteiger partial charge in [-0.25, -0.2) is 0 Å². The molecule has 3 heteroatoms. The van der Waals surface area contributed by atoms with Gasteiger partial charge < -0.3 is 10.6 Å². The third-order valence-electron chi connectivity index (χ3n) is 3.67. The average molecular weight is 270 g/mol. The first-order valence-corrected chi connectivity index (χ1v) is 7.22. The van der Waals surface area contributed by atoms with Gasteiger partial charge in [-0.3, -0.25) is 4.79 Å². The molecule has 0 saturated heterocycles. The van der Waals surface area contributed by atoms with Crippen LogP contribution in [-0.4, -0.2) is 29.9 Å². The number of nitrogens with zero attached hydrogens (tertiary/aromatic N) is 1. The van der Waals surface area contributed by atoms with Crippen LogP contribution < -0.4 is 5.73 Å². The van der Waals surface area contributed by atoms with Crippen LogP contribution in [-0.2, 0) is 11.2 Å². The molecule has 1 aliphatic rings. The van der Waals surface area contributed by atoms with Crippen molar-refractivity contribution in [2.75, 3.05) is 13.1 Å². The van der Waals surface area contributed by atoms with Crippen LogP contribution in [0.4, 0.5) is 0 Å². The van der Waals surface area contributed by atoms with Gasteiger partial charge in [0, 0.05) is 6.54 Å². The van der Waals surface area contributed by atoms with Crippen LogP contribution in [0.25, 0.3) is 0 Å². The maximum absolute atomic E-state index is 12.3. The Morgan fingerprint density at radius 2 is 2.10 bits per heavy atom. The van der Waals surface area contributed by atoms with Crippen molar-refractivity contribution in [1.82, 2.24) is 4.90 Å². The molecule has 0 bridgehead atoms. The third kappa shape index (κ3) is 4.40. The molecule has 1 aromatic carbocycles. The van der Waals surface area contributed by atoms with Gasteiger partial charge in [-0.2, -0.15) is 0 Å². The molecule has 0 radical (unpaired) electrons. The zero-order chi connectivity index (χ0) is 14.4. The van der Waals surface area contributed by atoms with E-state index in [0.29, 0.717) is 18.9 Å². The summed E-state index contributed by atoms with van der Waals surface area (Å²) in [5.41, 5.74) is 7.24. The quantitative estimate of drug-likeness (QED) is 0.768. The lowest BCUT2D eigenvalue weighted by Crippen LogP contribution is -2.45. The molecule has 106 valence electrons. The van der Waals surface area contributed by atoms with E-state index in [1.165, 1.54) is 18.4 Å². The first-order valence-electron chi connectivity index (χ1n) is 7.22. The smallest absolute Gasteiger partial charge is 0.240 e. The highest BCUT2D eigenvalue weighted by atomic mass is 16.2. The summed E-state index contributed by atoms with van der Waals surface area (Å²) in [6.07, 6.45) is 9.23. The zero-order valence-corrected chi connectivity index (χ0v) is 11.8. The number of hydrogen-bond donors (Lipinski definition) is 1. The fourth-order valence-electron chi connectivity index (χ4n) is 2.28. The molecule has 1 fully saturated rings. The van der Waals surface area contributed by atoms with Crippen LogP contribution in [0.5, 0.6) is 0 Å². The average Bonchev–Trinajstić information content (AvgIpc) is 3.28. The summed E-state index contributed by atoms with van der Waals surface area (Å²) in [4.78, 5) is 14.1. The summed E-state index contributed by atoms with van der Waals surface area (Å²) in [5, 5.41) is 0. The molecule has 0 heterocycles. The molecular weight excluding hydrogens is 248 g/mol. The summed E-state index contributed by atoms with van der Waals surface area (Å²) in [6, 6.07) is 9.64. The number of terminal acetylenes is 1. The second kappa shape index (κ2) is 7.12. The minimum atomic E-state index is -0.456. The van der Waals surface area contributed by atoms with Crippen molar-refractivity contribution >= 4 is 5.91 Å². The first kappa shape index (κ1) is 14.6. The molecule has 2 N–H and O–H groups in total. The van der Waals surface area contributed by atoms with Crippen molar-refractivity contribution in [2.24, 2.45) is 11.7 Å². The summed E-state index contributed by atoms with van der Waals surface area (Å²) in [6.45, 7) is 1.14. The Labute approximate surface area is 121 Å². The van der Waals surface area contributed by atoms with Gasteiger partial charge in [-0.1, -0.05) is 36.3 Å². The highest BCUT2D eigenvalue weighted by Gasteiger charge is 2.28. The fraction of sp³-hybridized carbons (Fsp3) is 0.471. The number of carbonyl (C=O) groups is 1. The van der Waals surface area contributed by atoms with Gasteiger partial charge in [0.25, 0.3) is 0 Å².